The van der Waals surface area contributed by atoms with Crippen LogP contribution in [0.2, 0.25) is 0 Å². The molecule has 25 heavy (non-hydrogen) atoms. The molecular weight excluding hydrogens is 433 g/mol. The largest absolute Gasteiger partial charge is 0.396 e. The maximum absolute atomic E-state index is 9.83. The molecule has 0 spiro atoms. The third-order valence-electron chi connectivity index (χ3n) is 5.36. The molecular formula is C18H36IN3O3. The molecule has 0 aromatic rings. The first kappa shape index (κ1) is 22.9. The van der Waals surface area contributed by atoms with Gasteiger partial charge in [-0.05, 0) is 44.9 Å². The number of rotatable bonds is 7. The normalized spacial score (nSPS) is 21.5. The van der Waals surface area contributed by atoms with Crippen LogP contribution in [0.25, 0.3) is 0 Å². The minimum Gasteiger partial charge on any atom is -0.396 e. The summed E-state index contributed by atoms with van der Waals surface area (Å²) in [6.07, 6.45) is 5.31. The van der Waals surface area contributed by atoms with E-state index in [-0.39, 0.29) is 36.0 Å². The Hall–Kier alpha value is -0.120. The summed E-state index contributed by atoms with van der Waals surface area (Å²) in [5.41, 5.74) is -0.111. The molecule has 2 heterocycles. The van der Waals surface area contributed by atoms with Crippen LogP contribution in [0, 0.1) is 11.3 Å². The Morgan fingerprint density at radius 3 is 2.44 bits per heavy atom. The molecule has 0 aromatic heterocycles. The van der Waals surface area contributed by atoms with Gasteiger partial charge in [0.2, 0.25) is 0 Å². The van der Waals surface area contributed by atoms with E-state index in [0.29, 0.717) is 6.54 Å². The van der Waals surface area contributed by atoms with Crippen LogP contribution in [0.5, 0.6) is 0 Å². The molecule has 2 aliphatic heterocycles. The first-order valence-electron chi connectivity index (χ1n) is 9.45. The van der Waals surface area contributed by atoms with Gasteiger partial charge in [-0.1, -0.05) is 0 Å². The van der Waals surface area contributed by atoms with Gasteiger partial charge in [-0.15, -0.1) is 24.0 Å². The number of hydrogen-bond acceptors (Lipinski definition) is 4. The third-order valence-corrected chi connectivity index (χ3v) is 5.36. The molecule has 2 fully saturated rings. The summed E-state index contributed by atoms with van der Waals surface area (Å²) >= 11 is 0. The molecule has 0 aromatic carbocycles. The van der Waals surface area contributed by atoms with Gasteiger partial charge in [-0.25, -0.2) is 0 Å². The number of hydrogen-bond donors (Lipinski definition) is 2. The van der Waals surface area contributed by atoms with E-state index in [1.54, 1.807) is 0 Å². The zero-order chi connectivity index (χ0) is 17.3. The van der Waals surface area contributed by atoms with Gasteiger partial charge in [-0.2, -0.15) is 0 Å². The molecule has 2 rings (SSSR count). The van der Waals surface area contributed by atoms with E-state index in [0.717, 1.165) is 64.2 Å². The van der Waals surface area contributed by atoms with Crippen LogP contribution in [0.15, 0.2) is 4.99 Å². The minimum atomic E-state index is -0.111. The van der Waals surface area contributed by atoms with Crippen molar-refractivity contribution < 1.29 is 14.6 Å². The SMILES string of the molecule is CCNC(=NCC1(CO)CCOCC1)N(C)CCC1CCOCC1.I. The monoisotopic (exact) mass is 469 g/mol. The summed E-state index contributed by atoms with van der Waals surface area (Å²) < 4.78 is 10.9. The molecule has 0 radical (unpaired) electrons. The van der Waals surface area contributed by atoms with E-state index in [4.69, 9.17) is 14.5 Å². The lowest BCUT2D eigenvalue weighted by Gasteiger charge is -2.34. The molecule has 2 aliphatic rings. The van der Waals surface area contributed by atoms with Gasteiger partial charge in [0.1, 0.15) is 0 Å². The van der Waals surface area contributed by atoms with Crippen LogP contribution in [-0.2, 0) is 9.47 Å². The van der Waals surface area contributed by atoms with Crippen LogP contribution >= 0.6 is 24.0 Å². The van der Waals surface area contributed by atoms with E-state index in [9.17, 15) is 5.11 Å². The van der Waals surface area contributed by atoms with E-state index >= 15 is 0 Å². The summed E-state index contributed by atoms with van der Waals surface area (Å²) in [4.78, 5) is 7.06. The predicted molar refractivity (Wildman–Crippen MR) is 112 cm³/mol. The molecule has 0 atom stereocenters. The van der Waals surface area contributed by atoms with E-state index in [1.807, 2.05) is 0 Å². The summed E-state index contributed by atoms with van der Waals surface area (Å²) in [7, 11) is 2.11. The Bertz CT molecular complexity index is 384. The Labute approximate surface area is 169 Å². The second kappa shape index (κ2) is 12.3. The number of nitrogens with one attached hydrogen (secondary N) is 1. The van der Waals surface area contributed by atoms with E-state index < -0.39 is 0 Å². The summed E-state index contributed by atoms with van der Waals surface area (Å²) in [5, 5.41) is 13.2. The number of aliphatic hydroxyl groups is 1. The number of nitrogens with zero attached hydrogens (tertiary/aromatic N) is 2. The molecule has 148 valence electrons. The van der Waals surface area contributed by atoms with Crippen molar-refractivity contribution in [3.63, 3.8) is 0 Å². The lowest BCUT2D eigenvalue weighted by Crippen LogP contribution is -2.42. The van der Waals surface area contributed by atoms with E-state index in [2.05, 4.69) is 24.2 Å². The highest BCUT2D eigenvalue weighted by molar-refractivity contribution is 14.0. The second-order valence-electron chi connectivity index (χ2n) is 7.21. The first-order valence-corrected chi connectivity index (χ1v) is 9.45. The zero-order valence-electron chi connectivity index (χ0n) is 15.8. The van der Waals surface area contributed by atoms with Crippen molar-refractivity contribution in [3.8, 4) is 0 Å². The van der Waals surface area contributed by atoms with Crippen LogP contribution in [-0.4, -0.2) is 75.7 Å². The van der Waals surface area contributed by atoms with Gasteiger partial charge in [-0.3, -0.25) is 4.99 Å². The van der Waals surface area contributed by atoms with Crippen molar-refractivity contribution in [1.29, 1.82) is 0 Å². The quantitative estimate of drug-likeness (QED) is 0.340. The summed E-state index contributed by atoms with van der Waals surface area (Å²) in [6.45, 7) is 8.08. The lowest BCUT2D eigenvalue weighted by atomic mass is 9.81. The topological polar surface area (TPSA) is 66.3 Å². The lowest BCUT2D eigenvalue weighted by molar-refractivity contribution is -0.0107. The molecule has 2 N–H and O–H groups in total. The maximum Gasteiger partial charge on any atom is 0.193 e. The summed E-state index contributed by atoms with van der Waals surface area (Å²) in [5.74, 6) is 1.72. The average Bonchev–Trinajstić information content (AvgIpc) is 2.64. The van der Waals surface area contributed by atoms with Crippen LogP contribution < -0.4 is 5.32 Å². The maximum atomic E-state index is 9.83. The molecule has 7 heteroatoms. The fraction of sp³-hybridized carbons (Fsp3) is 0.944. The van der Waals surface area contributed by atoms with Crippen molar-refractivity contribution in [2.24, 2.45) is 16.3 Å². The highest BCUT2D eigenvalue weighted by Crippen LogP contribution is 2.30. The molecule has 6 nitrogen and oxygen atoms in total. The average molecular weight is 469 g/mol. The van der Waals surface area contributed by atoms with Crippen LogP contribution in [0.3, 0.4) is 0 Å². The molecule has 0 saturated carbocycles. The highest BCUT2D eigenvalue weighted by Gasteiger charge is 2.32. The number of halogens is 1. The Morgan fingerprint density at radius 2 is 1.84 bits per heavy atom. The minimum absolute atomic E-state index is 0. The van der Waals surface area contributed by atoms with Crippen LogP contribution in [0.4, 0.5) is 0 Å². The number of ether oxygens (including phenoxy) is 2. The van der Waals surface area contributed by atoms with Crippen LogP contribution in [0.1, 0.15) is 39.0 Å². The fourth-order valence-corrected chi connectivity index (χ4v) is 3.40. The van der Waals surface area contributed by atoms with Gasteiger partial charge < -0.3 is 24.8 Å². The predicted octanol–water partition coefficient (Wildman–Crippen LogP) is 2.11. The van der Waals surface area contributed by atoms with Crippen molar-refractivity contribution >= 4 is 29.9 Å². The van der Waals surface area contributed by atoms with E-state index in [1.165, 1.54) is 19.3 Å². The summed E-state index contributed by atoms with van der Waals surface area (Å²) in [6, 6.07) is 0. The zero-order valence-corrected chi connectivity index (χ0v) is 18.2. The molecule has 0 aliphatic carbocycles. The second-order valence-corrected chi connectivity index (χ2v) is 7.21. The molecule has 0 unspecified atom stereocenters. The number of aliphatic hydroxyl groups excluding tert-OH is 1. The Kier molecular flexibility index (Phi) is 11.3. The van der Waals surface area contributed by atoms with Crippen molar-refractivity contribution in [1.82, 2.24) is 10.2 Å². The highest BCUT2D eigenvalue weighted by atomic mass is 127. The van der Waals surface area contributed by atoms with Gasteiger partial charge in [0, 0.05) is 52.0 Å². The van der Waals surface area contributed by atoms with Gasteiger partial charge in [0.15, 0.2) is 5.96 Å². The molecule has 0 bridgehead atoms. The molecule has 2 saturated heterocycles. The first-order chi connectivity index (χ1) is 11.7. The van der Waals surface area contributed by atoms with Gasteiger partial charge in [0.25, 0.3) is 0 Å². The smallest absolute Gasteiger partial charge is 0.193 e. The molecule has 0 amide bonds. The standard InChI is InChI=1S/C18H35N3O3.HI/c1-3-19-17(20-14-18(15-22)7-12-24-13-8-18)21(2)9-4-16-5-10-23-11-6-16;/h16,22H,3-15H2,1-2H3,(H,19,20);1H. The van der Waals surface area contributed by atoms with Gasteiger partial charge >= 0.3 is 0 Å². The number of aliphatic imine (C=N–C) groups is 1. The Balaban J connectivity index is 0.00000312. The van der Waals surface area contributed by atoms with Crippen molar-refractivity contribution in [2.75, 3.05) is 59.7 Å². The van der Waals surface area contributed by atoms with Crippen molar-refractivity contribution in [2.45, 2.75) is 39.0 Å². The number of guanidine groups is 1. The Morgan fingerprint density at radius 1 is 1.20 bits per heavy atom. The van der Waals surface area contributed by atoms with Gasteiger partial charge in [0.05, 0.1) is 13.2 Å². The third kappa shape index (κ3) is 7.56. The fourth-order valence-electron chi connectivity index (χ4n) is 3.40. The van der Waals surface area contributed by atoms with Crippen molar-refractivity contribution in [3.05, 3.63) is 0 Å².